The van der Waals surface area contributed by atoms with Gasteiger partial charge in [0.2, 0.25) is 0 Å². The zero-order valence-electron chi connectivity index (χ0n) is 12.9. The molecule has 0 fully saturated rings. The van der Waals surface area contributed by atoms with Gasteiger partial charge in [0.25, 0.3) is 0 Å². The molecule has 0 aliphatic rings. The summed E-state index contributed by atoms with van der Waals surface area (Å²) in [5.41, 5.74) is 2.17. The fraction of sp³-hybridized carbons (Fsp3) is 0.211. The van der Waals surface area contributed by atoms with Gasteiger partial charge in [-0.3, -0.25) is 4.79 Å². The molecular formula is C19H20O2S. The van der Waals surface area contributed by atoms with Crippen LogP contribution in [0.4, 0.5) is 0 Å². The first-order valence-electron chi connectivity index (χ1n) is 7.19. The highest BCUT2D eigenvalue weighted by Gasteiger charge is 2.01. The summed E-state index contributed by atoms with van der Waals surface area (Å²) in [6.07, 6.45) is 6.83. The monoisotopic (exact) mass is 312 g/mol. The maximum Gasteiger partial charge on any atom is 0.156 e. The van der Waals surface area contributed by atoms with Crippen LogP contribution in [0.25, 0.3) is 6.08 Å². The third-order valence-corrected chi connectivity index (χ3v) is 4.08. The highest BCUT2D eigenvalue weighted by Crippen LogP contribution is 2.17. The fourth-order valence-corrected chi connectivity index (χ4v) is 2.58. The van der Waals surface area contributed by atoms with Crippen molar-refractivity contribution in [1.29, 1.82) is 0 Å². The van der Waals surface area contributed by atoms with Gasteiger partial charge in [-0.05, 0) is 54.1 Å². The third kappa shape index (κ3) is 5.08. The number of thioether (sulfide) groups is 1. The van der Waals surface area contributed by atoms with E-state index in [2.05, 4.69) is 12.1 Å². The minimum absolute atomic E-state index is 0.136. The van der Waals surface area contributed by atoms with E-state index < -0.39 is 0 Å². The van der Waals surface area contributed by atoms with Crippen LogP contribution in [-0.4, -0.2) is 19.1 Å². The Morgan fingerprint density at radius 1 is 1.18 bits per heavy atom. The van der Waals surface area contributed by atoms with Gasteiger partial charge in [-0.15, -0.1) is 11.8 Å². The molecule has 2 nitrogen and oxygen atoms in total. The molecule has 0 bridgehead atoms. The van der Waals surface area contributed by atoms with Gasteiger partial charge in [-0.2, -0.15) is 0 Å². The number of rotatable bonds is 7. The quantitative estimate of drug-likeness (QED) is 0.550. The first-order chi connectivity index (χ1) is 10.7. The molecule has 0 saturated heterocycles. The van der Waals surface area contributed by atoms with E-state index in [1.807, 2.05) is 48.7 Å². The number of aryl methyl sites for hydroxylation is 1. The molecule has 0 N–H and O–H groups in total. The Hall–Kier alpha value is -2.00. The Labute approximate surface area is 136 Å². The first-order valence-corrected chi connectivity index (χ1v) is 8.41. The van der Waals surface area contributed by atoms with Crippen LogP contribution in [0.2, 0.25) is 0 Å². The summed E-state index contributed by atoms with van der Waals surface area (Å²) >= 11 is 1.70. The second kappa shape index (κ2) is 8.44. The highest BCUT2D eigenvalue weighted by molar-refractivity contribution is 7.98. The summed E-state index contributed by atoms with van der Waals surface area (Å²) in [4.78, 5) is 13.2. The summed E-state index contributed by atoms with van der Waals surface area (Å²) in [7, 11) is 1.65. The number of methoxy groups -OCH3 is 1. The molecule has 0 amide bonds. The Kier molecular flexibility index (Phi) is 6.28. The molecule has 0 unspecified atom stereocenters. The molecule has 2 aromatic carbocycles. The van der Waals surface area contributed by atoms with E-state index in [1.54, 1.807) is 24.9 Å². The lowest BCUT2D eigenvalue weighted by Gasteiger charge is -2.03. The third-order valence-electron chi connectivity index (χ3n) is 3.35. The molecule has 0 saturated carbocycles. The molecule has 2 rings (SSSR count). The van der Waals surface area contributed by atoms with Gasteiger partial charge < -0.3 is 4.74 Å². The van der Waals surface area contributed by atoms with Crippen LogP contribution in [0.1, 0.15) is 17.5 Å². The van der Waals surface area contributed by atoms with Crippen LogP contribution in [0.15, 0.2) is 59.5 Å². The van der Waals surface area contributed by atoms with E-state index in [4.69, 9.17) is 4.74 Å². The SMILES string of the molecule is COc1cccc(CCC(=O)C=Cc2cccc(SC)c2)c1. The van der Waals surface area contributed by atoms with Gasteiger partial charge in [0.05, 0.1) is 7.11 Å². The average molecular weight is 312 g/mol. The van der Waals surface area contributed by atoms with Crippen molar-refractivity contribution in [2.75, 3.05) is 13.4 Å². The minimum atomic E-state index is 0.136. The molecule has 0 aliphatic heterocycles. The Balaban J connectivity index is 1.90. The summed E-state index contributed by atoms with van der Waals surface area (Å²) < 4.78 is 5.19. The molecule has 0 spiro atoms. The van der Waals surface area contributed by atoms with Crippen molar-refractivity contribution < 1.29 is 9.53 Å². The van der Waals surface area contributed by atoms with E-state index in [1.165, 1.54) is 4.90 Å². The standard InChI is InChI=1S/C19H20O2S/c1-21-18-7-3-5-15(13-18)9-11-17(20)12-10-16-6-4-8-19(14-16)22-2/h3-8,10,12-14H,9,11H2,1-2H3. The number of carbonyl (C=O) groups excluding carboxylic acids is 1. The number of ketones is 1. The summed E-state index contributed by atoms with van der Waals surface area (Å²) in [5.74, 6) is 0.965. The van der Waals surface area contributed by atoms with Crippen molar-refractivity contribution in [3.05, 3.63) is 65.7 Å². The van der Waals surface area contributed by atoms with E-state index in [0.29, 0.717) is 6.42 Å². The lowest BCUT2D eigenvalue weighted by atomic mass is 10.1. The molecule has 0 aromatic heterocycles. The zero-order chi connectivity index (χ0) is 15.8. The molecule has 0 atom stereocenters. The molecule has 0 heterocycles. The lowest BCUT2D eigenvalue weighted by molar-refractivity contribution is -0.114. The average Bonchev–Trinajstić information content (AvgIpc) is 2.58. The van der Waals surface area contributed by atoms with E-state index in [-0.39, 0.29) is 5.78 Å². The molecular weight excluding hydrogens is 292 g/mol. The van der Waals surface area contributed by atoms with Gasteiger partial charge in [-0.25, -0.2) is 0 Å². The predicted octanol–water partition coefficient (Wildman–Crippen LogP) is 4.63. The fourth-order valence-electron chi connectivity index (χ4n) is 2.11. The molecule has 22 heavy (non-hydrogen) atoms. The second-order valence-electron chi connectivity index (χ2n) is 4.93. The number of carbonyl (C=O) groups is 1. The van der Waals surface area contributed by atoms with E-state index >= 15 is 0 Å². The number of hydrogen-bond donors (Lipinski definition) is 0. The second-order valence-corrected chi connectivity index (χ2v) is 5.81. The van der Waals surface area contributed by atoms with Gasteiger partial charge in [0.15, 0.2) is 5.78 Å². The lowest BCUT2D eigenvalue weighted by Crippen LogP contribution is -1.96. The van der Waals surface area contributed by atoms with Crippen LogP contribution < -0.4 is 4.74 Å². The maximum absolute atomic E-state index is 12.0. The first kappa shape index (κ1) is 16.4. The number of hydrogen-bond acceptors (Lipinski definition) is 3. The topological polar surface area (TPSA) is 26.3 Å². The van der Waals surface area contributed by atoms with Crippen LogP contribution in [0, 0.1) is 0 Å². The van der Waals surface area contributed by atoms with Crippen molar-refractivity contribution in [2.45, 2.75) is 17.7 Å². The maximum atomic E-state index is 12.0. The van der Waals surface area contributed by atoms with Crippen molar-refractivity contribution in [1.82, 2.24) is 0 Å². The summed E-state index contributed by atoms with van der Waals surface area (Å²) in [6, 6.07) is 16.0. The van der Waals surface area contributed by atoms with E-state index in [9.17, 15) is 4.79 Å². The Bertz CT molecular complexity index is 662. The van der Waals surface area contributed by atoms with Crippen molar-refractivity contribution in [2.24, 2.45) is 0 Å². The van der Waals surface area contributed by atoms with Crippen LogP contribution in [0.3, 0.4) is 0 Å². The predicted molar refractivity (Wildman–Crippen MR) is 93.6 cm³/mol. The Morgan fingerprint density at radius 3 is 2.77 bits per heavy atom. The van der Waals surface area contributed by atoms with Crippen LogP contribution in [0.5, 0.6) is 5.75 Å². The molecule has 0 radical (unpaired) electrons. The molecule has 0 aliphatic carbocycles. The molecule has 114 valence electrons. The number of allylic oxidation sites excluding steroid dienone is 1. The van der Waals surface area contributed by atoms with E-state index in [0.717, 1.165) is 23.3 Å². The molecule has 3 heteroatoms. The minimum Gasteiger partial charge on any atom is -0.497 e. The highest BCUT2D eigenvalue weighted by atomic mass is 32.2. The molecule has 2 aromatic rings. The number of ether oxygens (including phenoxy) is 1. The van der Waals surface area contributed by atoms with Gasteiger partial charge in [-0.1, -0.05) is 30.3 Å². The van der Waals surface area contributed by atoms with Crippen LogP contribution >= 0.6 is 11.8 Å². The van der Waals surface area contributed by atoms with Crippen molar-refractivity contribution >= 4 is 23.6 Å². The number of benzene rings is 2. The van der Waals surface area contributed by atoms with Crippen molar-refractivity contribution in [3.8, 4) is 5.75 Å². The normalized spacial score (nSPS) is 10.8. The van der Waals surface area contributed by atoms with Crippen LogP contribution in [-0.2, 0) is 11.2 Å². The Morgan fingerprint density at radius 2 is 2.00 bits per heavy atom. The van der Waals surface area contributed by atoms with Crippen molar-refractivity contribution in [3.63, 3.8) is 0 Å². The van der Waals surface area contributed by atoms with Gasteiger partial charge in [0.1, 0.15) is 5.75 Å². The van der Waals surface area contributed by atoms with Gasteiger partial charge in [0, 0.05) is 11.3 Å². The summed E-state index contributed by atoms with van der Waals surface area (Å²) in [6.45, 7) is 0. The van der Waals surface area contributed by atoms with Gasteiger partial charge >= 0.3 is 0 Å². The smallest absolute Gasteiger partial charge is 0.156 e. The summed E-state index contributed by atoms with van der Waals surface area (Å²) in [5, 5.41) is 0. The zero-order valence-corrected chi connectivity index (χ0v) is 13.7. The largest absolute Gasteiger partial charge is 0.497 e.